The van der Waals surface area contributed by atoms with Gasteiger partial charge in [-0.1, -0.05) is 23.7 Å². The fourth-order valence-electron chi connectivity index (χ4n) is 5.66. The lowest BCUT2D eigenvalue weighted by Crippen LogP contribution is -2.34. The molecule has 1 atom stereocenters. The summed E-state index contributed by atoms with van der Waals surface area (Å²) < 4.78 is 28.4. The number of rotatable bonds is 9. The first-order valence-electron chi connectivity index (χ1n) is 14.1. The number of carboxylic acid groups (broad SMARTS) is 1. The minimum atomic E-state index is -0.963. The van der Waals surface area contributed by atoms with Gasteiger partial charge in [-0.3, -0.25) is 4.90 Å². The van der Waals surface area contributed by atoms with E-state index in [0.29, 0.717) is 42.0 Å². The number of pyridine rings is 1. The van der Waals surface area contributed by atoms with Crippen LogP contribution in [0.4, 0.5) is 4.39 Å². The summed E-state index contributed by atoms with van der Waals surface area (Å²) in [6.45, 7) is 3.38. The molecule has 0 radical (unpaired) electrons. The van der Waals surface area contributed by atoms with E-state index in [9.17, 15) is 14.3 Å². The Balaban J connectivity index is 1.09. The standard InChI is InChI=1S/C31H30ClFN4O4/c32-24-11-20-7-9-36(15-27(20)35-30(24)41-17-22-4-3-19(12-25(22)33)18-1-2-18)16-29-34-26-6-5-21(31(38)39)13-28(26)37(29)14-23-8-10-40-23/h3-6,11-13,18,23H,1-2,7-10,14-17H2,(H,38,39)/t23-/m0/s1. The molecule has 3 aliphatic rings. The second kappa shape index (κ2) is 10.7. The van der Waals surface area contributed by atoms with Crippen molar-refractivity contribution in [1.82, 2.24) is 19.4 Å². The van der Waals surface area contributed by atoms with Crippen LogP contribution in [0.2, 0.25) is 5.02 Å². The Bertz CT molecular complexity index is 1650. The van der Waals surface area contributed by atoms with E-state index in [1.165, 1.54) is 0 Å². The second-order valence-electron chi connectivity index (χ2n) is 11.2. The highest BCUT2D eigenvalue weighted by atomic mass is 35.5. The summed E-state index contributed by atoms with van der Waals surface area (Å²) in [5.74, 6) is 0.421. The van der Waals surface area contributed by atoms with Crippen LogP contribution in [0.1, 0.15) is 63.7 Å². The highest BCUT2D eigenvalue weighted by Crippen LogP contribution is 2.40. The van der Waals surface area contributed by atoms with Gasteiger partial charge in [0.15, 0.2) is 0 Å². The minimum absolute atomic E-state index is 0.0532. The SMILES string of the molecule is O=C(O)c1ccc2nc(CN3CCc4cc(Cl)c(OCc5ccc(C6CC6)cc5F)nc4C3)n(C[C@@H]3CCO3)c2c1. The Morgan fingerprint density at radius 2 is 2.00 bits per heavy atom. The number of hydrogen-bond donors (Lipinski definition) is 1. The Labute approximate surface area is 241 Å². The third-order valence-corrected chi connectivity index (χ3v) is 8.56. The first-order valence-corrected chi connectivity index (χ1v) is 14.4. The molecule has 212 valence electrons. The molecule has 4 heterocycles. The van der Waals surface area contributed by atoms with E-state index < -0.39 is 5.97 Å². The van der Waals surface area contributed by atoms with Crippen molar-refractivity contribution in [2.24, 2.45) is 0 Å². The molecule has 4 aromatic rings. The van der Waals surface area contributed by atoms with Crippen molar-refractivity contribution in [2.75, 3.05) is 13.2 Å². The number of nitrogens with zero attached hydrogens (tertiary/aromatic N) is 4. The maximum Gasteiger partial charge on any atom is 0.335 e. The van der Waals surface area contributed by atoms with Gasteiger partial charge in [0.05, 0.1) is 41.5 Å². The van der Waals surface area contributed by atoms with E-state index in [2.05, 4.69) is 9.47 Å². The van der Waals surface area contributed by atoms with Crippen molar-refractivity contribution in [2.45, 2.75) is 63.9 Å². The van der Waals surface area contributed by atoms with Crippen molar-refractivity contribution in [3.05, 3.63) is 87.1 Å². The first kappa shape index (κ1) is 26.4. The van der Waals surface area contributed by atoms with Gasteiger partial charge in [0, 0.05) is 25.3 Å². The lowest BCUT2D eigenvalue weighted by atomic mass is 10.1. The van der Waals surface area contributed by atoms with Gasteiger partial charge in [-0.25, -0.2) is 19.2 Å². The molecule has 1 aliphatic carbocycles. The Morgan fingerprint density at radius 1 is 1.15 bits per heavy atom. The number of aromatic nitrogens is 3. The third-order valence-electron chi connectivity index (χ3n) is 8.29. The lowest BCUT2D eigenvalue weighted by molar-refractivity contribution is -0.0592. The van der Waals surface area contributed by atoms with Crippen LogP contribution in [0.25, 0.3) is 11.0 Å². The van der Waals surface area contributed by atoms with Crippen LogP contribution in [0.15, 0.2) is 42.5 Å². The number of imidazole rings is 1. The van der Waals surface area contributed by atoms with E-state index >= 15 is 0 Å². The number of carboxylic acids is 1. The zero-order chi connectivity index (χ0) is 28.1. The molecule has 7 rings (SSSR count). The molecule has 0 amide bonds. The van der Waals surface area contributed by atoms with Gasteiger partial charge in [-0.15, -0.1) is 0 Å². The van der Waals surface area contributed by atoms with Crippen LogP contribution in [0.5, 0.6) is 5.88 Å². The predicted octanol–water partition coefficient (Wildman–Crippen LogP) is 5.73. The zero-order valence-electron chi connectivity index (χ0n) is 22.5. The maximum absolute atomic E-state index is 14.7. The summed E-state index contributed by atoms with van der Waals surface area (Å²) >= 11 is 6.52. The van der Waals surface area contributed by atoms with Crippen molar-refractivity contribution in [3.8, 4) is 5.88 Å². The molecule has 2 aromatic carbocycles. The van der Waals surface area contributed by atoms with Gasteiger partial charge in [-0.05, 0) is 73.1 Å². The van der Waals surface area contributed by atoms with Crippen molar-refractivity contribution < 1.29 is 23.8 Å². The molecule has 41 heavy (non-hydrogen) atoms. The van der Waals surface area contributed by atoms with Crippen molar-refractivity contribution >= 4 is 28.6 Å². The molecule has 2 aromatic heterocycles. The third kappa shape index (κ3) is 5.41. The first-order chi connectivity index (χ1) is 19.9. The molecule has 1 saturated heterocycles. The number of fused-ring (bicyclic) bond motifs is 2. The molecule has 2 fully saturated rings. The minimum Gasteiger partial charge on any atom is -0.478 e. The Kier molecular flexibility index (Phi) is 6.89. The van der Waals surface area contributed by atoms with E-state index in [-0.39, 0.29) is 24.1 Å². The summed E-state index contributed by atoms with van der Waals surface area (Å²) in [5, 5.41) is 9.94. The summed E-state index contributed by atoms with van der Waals surface area (Å²) in [5.41, 5.74) is 5.27. The Morgan fingerprint density at radius 3 is 2.73 bits per heavy atom. The summed E-state index contributed by atoms with van der Waals surface area (Å²) in [7, 11) is 0. The Hall–Kier alpha value is -3.53. The monoisotopic (exact) mass is 576 g/mol. The normalized spacial score (nSPS) is 18.7. The number of halogens is 2. The molecule has 0 unspecified atom stereocenters. The average Bonchev–Trinajstić information content (AvgIpc) is 3.73. The topological polar surface area (TPSA) is 89.7 Å². The van der Waals surface area contributed by atoms with Gasteiger partial charge in [-0.2, -0.15) is 0 Å². The molecule has 0 spiro atoms. The molecule has 2 aliphatic heterocycles. The van der Waals surface area contributed by atoms with Crippen LogP contribution >= 0.6 is 11.6 Å². The summed E-state index contributed by atoms with van der Waals surface area (Å²) in [4.78, 5) is 23.5. The highest BCUT2D eigenvalue weighted by Gasteiger charge is 2.27. The van der Waals surface area contributed by atoms with Gasteiger partial charge in [0.2, 0.25) is 5.88 Å². The van der Waals surface area contributed by atoms with Crippen molar-refractivity contribution in [1.29, 1.82) is 0 Å². The highest BCUT2D eigenvalue weighted by molar-refractivity contribution is 6.31. The molecular formula is C31H30ClFN4O4. The quantitative estimate of drug-likeness (QED) is 0.272. The van der Waals surface area contributed by atoms with Crippen molar-refractivity contribution in [3.63, 3.8) is 0 Å². The number of ether oxygens (including phenoxy) is 2. The molecule has 0 bridgehead atoms. The molecule has 8 nitrogen and oxygen atoms in total. The lowest BCUT2D eigenvalue weighted by Gasteiger charge is -2.30. The van der Waals surface area contributed by atoms with Crippen LogP contribution in [-0.2, 0) is 37.4 Å². The van der Waals surface area contributed by atoms with E-state index in [0.717, 1.165) is 72.5 Å². The maximum atomic E-state index is 14.7. The van der Waals surface area contributed by atoms with Gasteiger partial charge in [0.25, 0.3) is 0 Å². The van der Waals surface area contributed by atoms with Gasteiger partial charge in [0.1, 0.15) is 23.3 Å². The largest absolute Gasteiger partial charge is 0.478 e. The van der Waals surface area contributed by atoms with E-state index in [1.807, 2.05) is 12.1 Å². The predicted molar refractivity (Wildman–Crippen MR) is 151 cm³/mol. The van der Waals surface area contributed by atoms with E-state index in [1.54, 1.807) is 30.3 Å². The number of carbonyl (C=O) groups is 1. The summed E-state index contributed by atoms with van der Waals surface area (Å²) in [6.07, 6.45) is 4.09. The number of benzene rings is 2. The molecular weight excluding hydrogens is 547 g/mol. The van der Waals surface area contributed by atoms with Crippen LogP contribution in [0, 0.1) is 5.82 Å². The van der Waals surface area contributed by atoms with Crippen LogP contribution in [-0.4, -0.2) is 49.8 Å². The van der Waals surface area contributed by atoms with E-state index in [4.69, 9.17) is 31.0 Å². The molecule has 10 heteroatoms. The number of hydrogen-bond acceptors (Lipinski definition) is 6. The zero-order valence-corrected chi connectivity index (χ0v) is 23.2. The smallest absolute Gasteiger partial charge is 0.335 e. The van der Waals surface area contributed by atoms with Gasteiger partial charge >= 0.3 is 5.97 Å². The van der Waals surface area contributed by atoms with Crippen LogP contribution in [0.3, 0.4) is 0 Å². The fourth-order valence-corrected chi connectivity index (χ4v) is 5.89. The fraction of sp³-hybridized carbons (Fsp3) is 0.387. The molecule has 1 N–H and O–H groups in total. The number of aromatic carboxylic acids is 1. The second-order valence-corrected chi connectivity index (χ2v) is 11.6. The molecule has 1 saturated carbocycles. The van der Waals surface area contributed by atoms with Crippen LogP contribution < -0.4 is 4.74 Å². The average molecular weight is 577 g/mol. The summed E-state index contributed by atoms with van der Waals surface area (Å²) in [6, 6.07) is 12.3. The van der Waals surface area contributed by atoms with Gasteiger partial charge < -0.3 is 19.1 Å².